The number of amides is 1. The van der Waals surface area contributed by atoms with Gasteiger partial charge in [0.1, 0.15) is 24.9 Å². The van der Waals surface area contributed by atoms with Gasteiger partial charge >= 0.3 is 5.69 Å². The minimum Gasteiger partial charge on any atom is -0.474 e. The third kappa shape index (κ3) is 4.99. The molecule has 0 bridgehead atoms. The molecule has 0 aromatic carbocycles. The highest BCUT2D eigenvalue weighted by molar-refractivity contribution is 6.39. The number of ketones is 1. The van der Waals surface area contributed by atoms with Crippen molar-refractivity contribution in [1.29, 1.82) is 0 Å². The minimum atomic E-state index is -1.76. The van der Waals surface area contributed by atoms with Crippen molar-refractivity contribution in [2.45, 2.75) is 25.2 Å². The predicted octanol–water partition coefficient (Wildman–Crippen LogP) is -3.96. The molecule has 12 nitrogen and oxygen atoms in total. The van der Waals surface area contributed by atoms with Crippen molar-refractivity contribution < 1.29 is 34.8 Å². The minimum absolute atomic E-state index is 0.567. The molecule has 134 valence electrons. The van der Waals surface area contributed by atoms with Crippen molar-refractivity contribution in [1.82, 2.24) is 9.97 Å². The van der Waals surface area contributed by atoms with E-state index in [1.54, 1.807) is 4.98 Å². The molecular weight excluding hydrogens is 330 g/mol. The molecule has 1 rings (SSSR count). The van der Waals surface area contributed by atoms with Crippen LogP contribution >= 0.6 is 0 Å². The molecule has 0 aliphatic heterocycles. The number of aromatic nitrogens is 2. The molecule has 7 N–H and O–H groups in total. The molecule has 0 unspecified atom stereocenters. The van der Waals surface area contributed by atoms with Crippen LogP contribution in [0.15, 0.2) is 9.59 Å². The lowest BCUT2D eigenvalue weighted by molar-refractivity contribution is -0.133. The van der Waals surface area contributed by atoms with Crippen molar-refractivity contribution >= 4 is 17.4 Å². The number of ether oxygens (including phenoxy) is 1. The SMILES string of the molecule is CC(=O)C(=O)Nc1c(OC[C@H](O)[C@H](O)[C@H](O)CO)[nH]c(=O)[nH]c1=O. The summed E-state index contributed by atoms with van der Waals surface area (Å²) in [6, 6.07) is 0. The van der Waals surface area contributed by atoms with Gasteiger partial charge in [0.25, 0.3) is 11.5 Å². The highest BCUT2D eigenvalue weighted by Gasteiger charge is 2.25. The number of anilines is 1. The molecule has 0 aliphatic rings. The zero-order valence-electron chi connectivity index (χ0n) is 12.5. The van der Waals surface area contributed by atoms with Crippen LogP contribution in [0.2, 0.25) is 0 Å². The summed E-state index contributed by atoms with van der Waals surface area (Å²) < 4.78 is 4.95. The van der Waals surface area contributed by atoms with Crippen LogP contribution < -0.4 is 21.3 Å². The normalized spacial score (nSPS) is 14.5. The molecule has 0 aliphatic carbocycles. The summed E-state index contributed by atoms with van der Waals surface area (Å²) in [6.45, 7) is -0.577. The summed E-state index contributed by atoms with van der Waals surface area (Å²) in [5.74, 6) is -2.62. The third-order valence-corrected chi connectivity index (χ3v) is 2.84. The first-order valence-electron chi connectivity index (χ1n) is 6.63. The lowest BCUT2D eigenvalue weighted by atomic mass is 10.1. The number of H-pyrrole nitrogens is 2. The zero-order valence-corrected chi connectivity index (χ0v) is 12.5. The first-order chi connectivity index (χ1) is 11.2. The standard InChI is InChI=1S/C12H17N3O9/c1-4(17)9(21)13-7-10(22)14-12(23)15-11(7)24-3-6(19)8(20)5(18)2-16/h5-6,8,16,18-20H,2-3H2,1H3,(H,13,21)(H2,14,15,22,23)/t5-,6+,8-/m1/s1. The summed E-state index contributed by atoms with van der Waals surface area (Å²) in [5.41, 5.74) is -2.63. The summed E-state index contributed by atoms with van der Waals surface area (Å²) in [5, 5.41) is 38.9. The smallest absolute Gasteiger partial charge is 0.328 e. The first kappa shape index (κ1) is 19.5. The van der Waals surface area contributed by atoms with Gasteiger partial charge in [-0.1, -0.05) is 0 Å². The summed E-state index contributed by atoms with van der Waals surface area (Å²) in [7, 11) is 0. The van der Waals surface area contributed by atoms with E-state index in [-0.39, 0.29) is 0 Å². The van der Waals surface area contributed by atoms with Crippen LogP contribution in [0, 0.1) is 0 Å². The van der Waals surface area contributed by atoms with Crippen LogP contribution in [0.25, 0.3) is 0 Å². The van der Waals surface area contributed by atoms with Gasteiger partial charge in [0.15, 0.2) is 5.69 Å². The van der Waals surface area contributed by atoms with E-state index in [0.29, 0.717) is 0 Å². The molecule has 0 saturated carbocycles. The van der Waals surface area contributed by atoms with Crippen LogP contribution in [-0.2, 0) is 9.59 Å². The maximum absolute atomic E-state index is 11.7. The number of carbonyl (C=O) groups is 2. The number of hydrogen-bond donors (Lipinski definition) is 7. The predicted molar refractivity (Wildman–Crippen MR) is 77.6 cm³/mol. The van der Waals surface area contributed by atoms with Crippen LogP contribution in [0.5, 0.6) is 5.88 Å². The number of rotatable bonds is 8. The Labute approximate surface area is 133 Å². The van der Waals surface area contributed by atoms with E-state index >= 15 is 0 Å². The Morgan fingerprint density at radius 3 is 2.33 bits per heavy atom. The number of nitrogens with one attached hydrogen (secondary N) is 3. The Hall–Kier alpha value is -2.54. The molecule has 3 atom stereocenters. The Morgan fingerprint density at radius 2 is 1.79 bits per heavy atom. The molecule has 1 amide bonds. The van der Waals surface area contributed by atoms with Crippen molar-refractivity contribution in [3.8, 4) is 5.88 Å². The molecule has 1 aromatic heterocycles. The maximum Gasteiger partial charge on any atom is 0.328 e. The molecule has 1 aromatic rings. The Kier molecular flexibility index (Phi) is 6.79. The van der Waals surface area contributed by atoms with Crippen LogP contribution in [0.3, 0.4) is 0 Å². The maximum atomic E-state index is 11.7. The van der Waals surface area contributed by atoms with Gasteiger partial charge < -0.3 is 30.5 Å². The molecule has 12 heteroatoms. The van der Waals surface area contributed by atoms with Crippen molar-refractivity contribution in [3.05, 3.63) is 20.8 Å². The molecule has 0 spiro atoms. The Balaban J connectivity index is 2.98. The topological polar surface area (TPSA) is 202 Å². The van der Waals surface area contributed by atoms with Gasteiger partial charge in [0.2, 0.25) is 11.7 Å². The van der Waals surface area contributed by atoms with Gasteiger partial charge in [-0.25, -0.2) is 4.79 Å². The quantitative estimate of drug-likeness (QED) is 0.229. The fourth-order valence-electron chi connectivity index (χ4n) is 1.52. The monoisotopic (exact) mass is 347 g/mol. The largest absolute Gasteiger partial charge is 0.474 e. The van der Waals surface area contributed by atoms with E-state index < -0.39 is 66.0 Å². The Bertz CT molecular complexity index is 710. The second-order valence-electron chi connectivity index (χ2n) is 4.74. The molecule has 0 radical (unpaired) electrons. The van der Waals surface area contributed by atoms with Crippen molar-refractivity contribution in [2.75, 3.05) is 18.5 Å². The molecule has 1 heterocycles. The van der Waals surface area contributed by atoms with Crippen molar-refractivity contribution in [2.24, 2.45) is 0 Å². The highest BCUT2D eigenvalue weighted by Crippen LogP contribution is 2.15. The molecule has 0 fully saturated rings. The van der Waals surface area contributed by atoms with E-state index in [2.05, 4.69) is 0 Å². The van der Waals surface area contributed by atoms with Crippen LogP contribution in [0.4, 0.5) is 5.69 Å². The lowest BCUT2D eigenvalue weighted by Crippen LogP contribution is -2.42. The second-order valence-corrected chi connectivity index (χ2v) is 4.74. The van der Waals surface area contributed by atoms with Crippen LogP contribution in [-0.4, -0.2) is 73.6 Å². The average molecular weight is 347 g/mol. The number of carbonyl (C=O) groups excluding carboxylic acids is 2. The highest BCUT2D eigenvalue weighted by atomic mass is 16.5. The molecular formula is C12H17N3O9. The number of aliphatic hydroxyl groups excluding tert-OH is 4. The third-order valence-electron chi connectivity index (χ3n) is 2.84. The number of hydrogen-bond acceptors (Lipinski definition) is 9. The van der Waals surface area contributed by atoms with E-state index in [4.69, 9.17) is 9.84 Å². The average Bonchev–Trinajstić information content (AvgIpc) is 2.53. The second kappa shape index (κ2) is 8.35. The van der Waals surface area contributed by atoms with Gasteiger partial charge in [-0.15, -0.1) is 0 Å². The summed E-state index contributed by atoms with van der Waals surface area (Å²) >= 11 is 0. The zero-order chi connectivity index (χ0) is 18.4. The summed E-state index contributed by atoms with van der Waals surface area (Å²) in [4.78, 5) is 49.1. The summed E-state index contributed by atoms with van der Waals surface area (Å²) in [6.07, 6.45) is -5.09. The fraction of sp³-hybridized carbons (Fsp3) is 0.500. The number of aliphatic hydroxyl groups is 4. The van der Waals surface area contributed by atoms with E-state index in [1.165, 1.54) is 0 Å². The van der Waals surface area contributed by atoms with E-state index in [1.807, 2.05) is 10.3 Å². The van der Waals surface area contributed by atoms with Gasteiger partial charge in [-0.05, 0) is 0 Å². The Morgan fingerprint density at radius 1 is 1.17 bits per heavy atom. The first-order valence-corrected chi connectivity index (χ1v) is 6.63. The van der Waals surface area contributed by atoms with E-state index in [0.717, 1.165) is 6.92 Å². The van der Waals surface area contributed by atoms with E-state index in [9.17, 15) is 34.5 Å². The van der Waals surface area contributed by atoms with Gasteiger partial charge in [0, 0.05) is 6.92 Å². The molecule has 24 heavy (non-hydrogen) atoms. The van der Waals surface area contributed by atoms with Crippen LogP contribution in [0.1, 0.15) is 6.92 Å². The number of aromatic amines is 2. The van der Waals surface area contributed by atoms with Gasteiger partial charge in [-0.2, -0.15) is 0 Å². The van der Waals surface area contributed by atoms with Gasteiger partial charge in [0.05, 0.1) is 6.61 Å². The lowest BCUT2D eigenvalue weighted by Gasteiger charge is -2.21. The number of Topliss-reactive ketones (excluding diaryl/α,β-unsaturated/α-hetero) is 1. The molecule has 0 saturated heterocycles. The fourth-order valence-corrected chi connectivity index (χ4v) is 1.52. The van der Waals surface area contributed by atoms with Gasteiger partial charge in [-0.3, -0.25) is 24.4 Å². The van der Waals surface area contributed by atoms with Crippen molar-refractivity contribution in [3.63, 3.8) is 0 Å².